The first-order valence-corrected chi connectivity index (χ1v) is 6.34. The van der Waals surface area contributed by atoms with E-state index in [4.69, 9.17) is 4.74 Å². The van der Waals surface area contributed by atoms with Gasteiger partial charge < -0.3 is 9.64 Å². The summed E-state index contributed by atoms with van der Waals surface area (Å²) in [7, 11) is 1.68. The number of hydrogen-bond acceptors (Lipinski definition) is 2. The number of carbonyl (C=O) groups is 1. The minimum atomic E-state index is -0.885. The molecule has 0 atom stereocenters. The van der Waals surface area contributed by atoms with Crippen LogP contribution in [-0.4, -0.2) is 31.1 Å². The maximum atomic E-state index is 13.1. The van der Waals surface area contributed by atoms with Crippen molar-refractivity contribution in [2.45, 2.75) is 19.4 Å². The molecule has 0 spiro atoms. The Hall–Kier alpha value is -1.49. The van der Waals surface area contributed by atoms with E-state index in [0.29, 0.717) is 18.8 Å². The third-order valence-electron chi connectivity index (χ3n) is 3.35. The summed E-state index contributed by atoms with van der Waals surface area (Å²) in [6.45, 7) is 1.50. The average Bonchev–Trinajstić information content (AvgIpc) is 2.43. The van der Waals surface area contributed by atoms with E-state index in [1.807, 2.05) is 0 Å². The Bertz CT molecular complexity index is 459. The molecule has 0 aliphatic carbocycles. The minimum absolute atomic E-state index is 0.0240. The van der Waals surface area contributed by atoms with Gasteiger partial charge in [0.15, 0.2) is 11.6 Å². The lowest BCUT2D eigenvalue weighted by Gasteiger charge is -2.26. The smallest absolute Gasteiger partial charge is 0.225 e. The van der Waals surface area contributed by atoms with Gasteiger partial charge in [-0.25, -0.2) is 8.78 Å². The number of hydrogen-bond donors (Lipinski definition) is 0. The normalized spacial score (nSPS) is 16.4. The molecule has 0 saturated carbocycles. The summed E-state index contributed by atoms with van der Waals surface area (Å²) in [4.78, 5) is 13.7. The highest BCUT2D eigenvalue weighted by Gasteiger charge is 2.24. The molecule has 2 rings (SSSR count). The highest BCUT2D eigenvalue weighted by molar-refractivity contribution is 5.78. The topological polar surface area (TPSA) is 29.5 Å². The van der Waals surface area contributed by atoms with E-state index in [1.165, 1.54) is 6.07 Å². The van der Waals surface area contributed by atoms with Crippen LogP contribution in [0.3, 0.4) is 0 Å². The molecule has 0 aromatic heterocycles. The first-order valence-electron chi connectivity index (χ1n) is 6.34. The van der Waals surface area contributed by atoms with Crippen molar-refractivity contribution < 1.29 is 18.3 Å². The van der Waals surface area contributed by atoms with E-state index in [0.717, 1.165) is 25.0 Å². The molecule has 0 bridgehead atoms. The molecule has 1 aliphatic rings. The molecule has 0 N–H and O–H groups in total. The van der Waals surface area contributed by atoms with Crippen LogP contribution in [0.1, 0.15) is 18.4 Å². The number of benzene rings is 1. The van der Waals surface area contributed by atoms with Crippen LogP contribution in [0.5, 0.6) is 0 Å². The van der Waals surface area contributed by atoms with Gasteiger partial charge in [0.2, 0.25) is 5.91 Å². The molecule has 1 amide bonds. The molecule has 19 heavy (non-hydrogen) atoms. The molecular formula is C14H17F2NO2. The van der Waals surface area contributed by atoms with Crippen LogP contribution < -0.4 is 0 Å². The van der Waals surface area contributed by atoms with Gasteiger partial charge in [0.1, 0.15) is 0 Å². The molecule has 104 valence electrons. The second-order valence-electron chi connectivity index (χ2n) is 4.83. The van der Waals surface area contributed by atoms with Gasteiger partial charge in [-0.05, 0) is 30.5 Å². The third-order valence-corrected chi connectivity index (χ3v) is 3.35. The Kier molecular flexibility index (Phi) is 4.47. The Balaban J connectivity index is 1.97. The maximum absolute atomic E-state index is 13.1. The second-order valence-corrected chi connectivity index (χ2v) is 4.83. The SMILES string of the molecule is CN(Cc1ccc(F)c(F)c1)C(=O)C1CCOCC1. The summed E-state index contributed by atoms with van der Waals surface area (Å²) < 4.78 is 31.1. The summed E-state index contributed by atoms with van der Waals surface area (Å²) in [5.41, 5.74) is 0.585. The number of halogens is 2. The first kappa shape index (κ1) is 13.9. The van der Waals surface area contributed by atoms with Crippen LogP contribution >= 0.6 is 0 Å². The van der Waals surface area contributed by atoms with E-state index < -0.39 is 11.6 Å². The molecule has 0 unspecified atom stereocenters. The van der Waals surface area contributed by atoms with Gasteiger partial charge in [0, 0.05) is 32.7 Å². The number of carbonyl (C=O) groups excluding carboxylic acids is 1. The fraction of sp³-hybridized carbons (Fsp3) is 0.500. The van der Waals surface area contributed by atoms with Crippen molar-refractivity contribution in [1.29, 1.82) is 0 Å². The van der Waals surface area contributed by atoms with E-state index in [-0.39, 0.29) is 18.4 Å². The molecule has 3 nitrogen and oxygen atoms in total. The molecule has 1 heterocycles. The maximum Gasteiger partial charge on any atom is 0.225 e. The predicted molar refractivity (Wildman–Crippen MR) is 66.4 cm³/mol. The highest BCUT2D eigenvalue weighted by atomic mass is 19.2. The Morgan fingerprint density at radius 1 is 1.32 bits per heavy atom. The minimum Gasteiger partial charge on any atom is -0.381 e. The van der Waals surface area contributed by atoms with Crippen molar-refractivity contribution in [2.75, 3.05) is 20.3 Å². The average molecular weight is 269 g/mol. The second kappa shape index (κ2) is 6.10. The molecule has 1 saturated heterocycles. The van der Waals surface area contributed by atoms with Gasteiger partial charge in [-0.15, -0.1) is 0 Å². The van der Waals surface area contributed by atoms with Gasteiger partial charge >= 0.3 is 0 Å². The van der Waals surface area contributed by atoms with Gasteiger partial charge in [-0.2, -0.15) is 0 Å². The Morgan fingerprint density at radius 3 is 2.63 bits per heavy atom. The van der Waals surface area contributed by atoms with Crippen LogP contribution in [-0.2, 0) is 16.1 Å². The van der Waals surface area contributed by atoms with Crippen LogP contribution in [0.15, 0.2) is 18.2 Å². The largest absolute Gasteiger partial charge is 0.381 e. The number of ether oxygens (including phenoxy) is 1. The van der Waals surface area contributed by atoms with Gasteiger partial charge in [0.05, 0.1) is 0 Å². The first-order chi connectivity index (χ1) is 9.08. The van der Waals surface area contributed by atoms with Crippen LogP contribution in [0.4, 0.5) is 8.78 Å². The van der Waals surface area contributed by atoms with Crippen molar-refractivity contribution in [2.24, 2.45) is 5.92 Å². The summed E-state index contributed by atoms with van der Waals surface area (Å²) in [5.74, 6) is -1.75. The third kappa shape index (κ3) is 3.50. The molecule has 0 radical (unpaired) electrons. The lowest BCUT2D eigenvalue weighted by molar-refractivity contribution is -0.137. The number of rotatable bonds is 3. The summed E-state index contributed by atoms with van der Waals surface area (Å²) >= 11 is 0. The van der Waals surface area contributed by atoms with E-state index in [9.17, 15) is 13.6 Å². The lowest BCUT2D eigenvalue weighted by Crippen LogP contribution is -2.35. The Labute approximate surface area is 111 Å². The zero-order valence-corrected chi connectivity index (χ0v) is 10.9. The monoisotopic (exact) mass is 269 g/mol. The van der Waals surface area contributed by atoms with Crippen molar-refractivity contribution >= 4 is 5.91 Å². The van der Waals surface area contributed by atoms with Crippen molar-refractivity contribution in [3.63, 3.8) is 0 Å². The van der Waals surface area contributed by atoms with E-state index in [2.05, 4.69) is 0 Å². The van der Waals surface area contributed by atoms with Crippen LogP contribution in [0.25, 0.3) is 0 Å². The lowest BCUT2D eigenvalue weighted by atomic mass is 9.98. The Morgan fingerprint density at radius 2 is 2.00 bits per heavy atom. The summed E-state index contributed by atoms with van der Waals surface area (Å²) in [6.07, 6.45) is 1.45. The molecule has 1 aliphatic heterocycles. The van der Waals surface area contributed by atoms with Gasteiger partial charge in [0.25, 0.3) is 0 Å². The molecule has 1 aromatic rings. The fourth-order valence-corrected chi connectivity index (χ4v) is 2.25. The molecular weight excluding hydrogens is 252 g/mol. The molecule has 1 aromatic carbocycles. The molecule has 5 heteroatoms. The van der Waals surface area contributed by atoms with Crippen LogP contribution in [0, 0.1) is 17.6 Å². The summed E-state index contributed by atoms with van der Waals surface area (Å²) in [5, 5.41) is 0. The predicted octanol–water partition coefficient (Wildman–Crippen LogP) is 2.35. The summed E-state index contributed by atoms with van der Waals surface area (Å²) in [6, 6.07) is 3.70. The number of amides is 1. The fourth-order valence-electron chi connectivity index (χ4n) is 2.25. The molecule has 1 fully saturated rings. The van der Waals surface area contributed by atoms with Gasteiger partial charge in [-0.1, -0.05) is 6.07 Å². The zero-order valence-electron chi connectivity index (χ0n) is 10.9. The van der Waals surface area contributed by atoms with E-state index >= 15 is 0 Å². The van der Waals surface area contributed by atoms with Crippen molar-refractivity contribution in [1.82, 2.24) is 4.90 Å². The standard InChI is InChI=1S/C14H17F2NO2/c1-17(14(18)11-4-6-19-7-5-11)9-10-2-3-12(15)13(16)8-10/h2-3,8,11H,4-7,9H2,1H3. The highest BCUT2D eigenvalue weighted by Crippen LogP contribution is 2.18. The van der Waals surface area contributed by atoms with Crippen LogP contribution in [0.2, 0.25) is 0 Å². The van der Waals surface area contributed by atoms with E-state index in [1.54, 1.807) is 11.9 Å². The quantitative estimate of drug-likeness (QED) is 0.843. The van der Waals surface area contributed by atoms with Gasteiger partial charge in [-0.3, -0.25) is 4.79 Å². The zero-order chi connectivity index (χ0) is 13.8. The number of nitrogens with zero attached hydrogens (tertiary/aromatic N) is 1. The van der Waals surface area contributed by atoms with Crippen molar-refractivity contribution in [3.8, 4) is 0 Å². The van der Waals surface area contributed by atoms with Crippen molar-refractivity contribution in [3.05, 3.63) is 35.4 Å².